The lowest BCUT2D eigenvalue weighted by atomic mass is 9.97. The molecule has 0 unspecified atom stereocenters. The number of hydrogen-bond acceptors (Lipinski definition) is 4. The molecule has 2 atom stereocenters. The van der Waals surface area contributed by atoms with E-state index in [2.05, 4.69) is 34.6 Å². The van der Waals surface area contributed by atoms with Gasteiger partial charge < -0.3 is 20.1 Å². The first-order valence-electron chi connectivity index (χ1n) is 9.19. The molecule has 6 nitrogen and oxygen atoms in total. The van der Waals surface area contributed by atoms with Crippen molar-refractivity contribution < 1.29 is 14.3 Å². The SMILES string of the molecule is Cc1ccc(CNC(=O)NC[C@@H]([C@H]2CCOC2)N2CCOCC2)cc1. The van der Waals surface area contributed by atoms with E-state index in [4.69, 9.17) is 9.47 Å². The Morgan fingerprint density at radius 1 is 1.16 bits per heavy atom. The molecule has 2 aliphatic rings. The summed E-state index contributed by atoms with van der Waals surface area (Å²) in [5, 5.41) is 5.99. The van der Waals surface area contributed by atoms with Crippen LogP contribution in [0.1, 0.15) is 17.5 Å². The maximum Gasteiger partial charge on any atom is 0.315 e. The summed E-state index contributed by atoms with van der Waals surface area (Å²) < 4.78 is 11.0. The number of carbonyl (C=O) groups is 1. The number of aryl methyl sites for hydroxylation is 1. The van der Waals surface area contributed by atoms with Crippen molar-refractivity contribution in [2.45, 2.75) is 25.9 Å². The summed E-state index contributed by atoms with van der Waals surface area (Å²) in [5.41, 5.74) is 2.33. The molecule has 2 fully saturated rings. The average Bonchev–Trinajstić information content (AvgIpc) is 3.17. The molecule has 2 amide bonds. The first kappa shape index (κ1) is 18.2. The zero-order valence-corrected chi connectivity index (χ0v) is 15.0. The van der Waals surface area contributed by atoms with E-state index in [0.717, 1.165) is 51.5 Å². The molecular weight excluding hydrogens is 318 g/mol. The molecule has 0 bridgehead atoms. The highest BCUT2D eigenvalue weighted by molar-refractivity contribution is 5.73. The largest absolute Gasteiger partial charge is 0.381 e. The third-order valence-electron chi connectivity index (χ3n) is 5.07. The van der Waals surface area contributed by atoms with Crippen LogP contribution in [-0.4, -0.2) is 63.0 Å². The van der Waals surface area contributed by atoms with E-state index in [-0.39, 0.29) is 6.03 Å². The van der Waals surface area contributed by atoms with Crippen LogP contribution in [0, 0.1) is 12.8 Å². The summed E-state index contributed by atoms with van der Waals surface area (Å²) in [7, 11) is 0. The molecule has 2 N–H and O–H groups in total. The Kier molecular flexibility index (Phi) is 6.67. The zero-order chi connectivity index (χ0) is 17.5. The standard InChI is InChI=1S/C19H29N3O3/c1-15-2-4-16(5-3-15)12-20-19(23)21-13-18(17-6-9-25-14-17)22-7-10-24-11-8-22/h2-5,17-18H,6-14H2,1H3,(H2,20,21,23)/t17-,18-/m0/s1. The third kappa shape index (κ3) is 5.42. The van der Waals surface area contributed by atoms with E-state index in [1.54, 1.807) is 0 Å². The van der Waals surface area contributed by atoms with Crippen molar-refractivity contribution in [3.8, 4) is 0 Å². The fraction of sp³-hybridized carbons (Fsp3) is 0.632. The molecule has 138 valence electrons. The summed E-state index contributed by atoms with van der Waals surface area (Å²) in [5.74, 6) is 0.482. The Bertz CT molecular complexity index is 537. The second-order valence-corrected chi connectivity index (χ2v) is 6.89. The van der Waals surface area contributed by atoms with Gasteiger partial charge in [0.1, 0.15) is 0 Å². The lowest BCUT2D eigenvalue weighted by Crippen LogP contribution is -2.53. The highest BCUT2D eigenvalue weighted by Crippen LogP contribution is 2.21. The monoisotopic (exact) mass is 347 g/mol. The highest BCUT2D eigenvalue weighted by Gasteiger charge is 2.31. The van der Waals surface area contributed by atoms with Gasteiger partial charge in [0, 0.05) is 44.7 Å². The molecule has 0 aromatic heterocycles. The maximum atomic E-state index is 12.2. The van der Waals surface area contributed by atoms with Gasteiger partial charge in [0.2, 0.25) is 0 Å². The number of nitrogens with one attached hydrogen (secondary N) is 2. The van der Waals surface area contributed by atoms with Crippen molar-refractivity contribution in [2.75, 3.05) is 46.1 Å². The molecule has 0 spiro atoms. The second kappa shape index (κ2) is 9.17. The first-order chi connectivity index (χ1) is 12.2. The van der Waals surface area contributed by atoms with Crippen molar-refractivity contribution in [1.29, 1.82) is 0 Å². The molecular formula is C19H29N3O3. The fourth-order valence-electron chi connectivity index (χ4n) is 3.51. The van der Waals surface area contributed by atoms with E-state index in [0.29, 0.717) is 25.0 Å². The van der Waals surface area contributed by atoms with Gasteiger partial charge in [0.05, 0.1) is 19.8 Å². The maximum absolute atomic E-state index is 12.2. The smallest absolute Gasteiger partial charge is 0.315 e. The topological polar surface area (TPSA) is 62.8 Å². The Labute approximate surface area is 149 Å². The minimum absolute atomic E-state index is 0.113. The lowest BCUT2D eigenvalue weighted by molar-refractivity contribution is 0.00212. The molecule has 0 aliphatic carbocycles. The van der Waals surface area contributed by atoms with Gasteiger partial charge in [-0.05, 0) is 18.9 Å². The number of urea groups is 1. The van der Waals surface area contributed by atoms with E-state index < -0.39 is 0 Å². The number of ether oxygens (including phenoxy) is 2. The van der Waals surface area contributed by atoms with E-state index in [1.807, 2.05) is 12.1 Å². The predicted octanol–water partition coefficient (Wildman–Crippen LogP) is 1.53. The number of amides is 2. The third-order valence-corrected chi connectivity index (χ3v) is 5.07. The van der Waals surface area contributed by atoms with Gasteiger partial charge in [-0.15, -0.1) is 0 Å². The van der Waals surface area contributed by atoms with Gasteiger partial charge in [-0.25, -0.2) is 4.79 Å². The number of rotatable bonds is 6. The van der Waals surface area contributed by atoms with Crippen molar-refractivity contribution >= 4 is 6.03 Å². The molecule has 2 saturated heterocycles. The van der Waals surface area contributed by atoms with Crippen molar-refractivity contribution in [2.24, 2.45) is 5.92 Å². The normalized spacial score (nSPS) is 22.5. The number of nitrogens with zero attached hydrogens (tertiary/aromatic N) is 1. The van der Waals surface area contributed by atoms with Gasteiger partial charge >= 0.3 is 6.03 Å². The van der Waals surface area contributed by atoms with Crippen LogP contribution in [0.5, 0.6) is 0 Å². The van der Waals surface area contributed by atoms with Gasteiger partial charge in [-0.2, -0.15) is 0 Å². The number of benzene rings is 1. The van der Waals surface area contributed by atoms with Gasteiger partial charge in [0.15, 0.2) is 0 Å². The summed E-state index contributed by atoms with van der Waals surface area (Å²) in [6, 6.07) is 8.41. The van der Waals surface area contributed by atoms with Gasteiger partial charge in [-0.3, -0.25) is 4.90 Å². The van der Waals surface area contributed by atoms with E-state index >= 15 is 0 Å². The summed E-state index contributed by atoms with van der Waals surface area (Å²) in [4.78, 5) is 14.6. The molecule has 2 heterocycles. The van der Waals surface area contributed by atoms with Crippen LogP contribution >= 0.6 is 0 Å². The van der Waals surface area contributed by atoms with E-state index in [1.165, 1.54) is 5.56 Å². The molecule has 1 aromatic rings. The molecule has 2 aliphatic heterocycles. The lowest BCUT2D eigenvalue weighted by Gasteiger charge is -2.37. The first-order valence-corrected chi connectivity index (χ1v) is 9.19. The number of hydrogen-bond donors (Lipinski definition) is 2. The fourth-order valence-corrected chi connectivity index (χ4v) is 3.51. The predicted molar refractivity (Wildman–Crippen MR) is 96.5 cm³/mol. The molecule has 3 rings (SSSR count). The van der Waals surface area contributed by atoms with Crippen molar-refractivity contribution in [3.63, 3.8) is 0 Å². The van der Waals surface area contributed by atoms with Gasteiger partial charge in [0.25, 0.3) is 0 Å². The Hall–Kier alpha value is -1.63. The highest BCUT2D eigenvalue weighted by atomic mass is 16.5. The second-order valence-electron chi connectivity index (χ2n) is 6.89. The molecule has 0 saturated carbocycles. The van der Waals surface area contributed by atoms with Crippen LogP contribution in [0.15, 0.2) is 24.3 Å². The minimum atomic E-state index is -0.113. The molecule has 0 radical (unpaired) electrons. The van der Waals surface area contributed by atoms with Crippen LogP contribution in [0.3, 0.4) is 0 Å². The Balaban J connectivity index is 1.47. The number of carbonyl (C=O) groups excluding carboxylic acids is 1. The van der Waals surface area contributed by atoms with E-state index in [9.17, 15) is 4.79 Å². The van der Waals surface area contributed by atoms with Crippen LogP contribution in [0.2, 0.25) is 0 Å². The summed E-state index contributed by atoms with van der Waals surface area (Å²) in [6.07, 6.45) is 1.06. The Morgan fingerprint density at radius 3 is 2.60 bits per heavy atom. The van der Waals surface area contributed by atoms with Crippen molar-refractivity contribution in [3.05, 3.63) is 35.4 Å². The molecule has 1 aromatic carbocycles. The van der Waals surface area contributed by atoms with Gasteiger partial charge in [-0.1, -0.05) is 29.8 Å². The Morgan fingerprint density at radius 2 is 1.92 bits per heavy atom. The molecule has 6 heteroatoms. The van der Waals surface area contributed by atoms with Crippen molar-refractivity contribution in [1.82, 2.24) is 15.5 Å². The zero-order valence-electron chi connectivity index (χ0n) is 15.0. The minimum Gasteiger partial charge on any atom is -0.381 e. The quantitative estimate of drug-likeness (QED) is 0.819. The number of morpholine rings is 1. The van der Waals surface area contributed by atoms with Crippen LogP contribution in [-0.2, 0) is 16.0 Å². The van der Waals surface area contributed by atoms with Crippen LogP contribution in [0.4, 0.5) is 4.79 Å². The summed E-state index contributed by atoms with van der Waals surface area (Å²) in [6.45, 7) is 8.24. The summed E-state index contributed by atoms with van der Waals surface area (Å²) >= 11 is 0. The van der Waals surface area contributed by atoms with Crippen LogP contribution < -0.4 is 10.6 Å². The van der Waals surface area contributed by atoms with Crippen LogP contribution in [0.25, 0.3) is 0 Å². The average molecular weight is 347 g/mol. The molecule has 25 heavy (non-hydrogen) atoms.